The van der Waals surface area contributed by atoms with Crippen LogP contribution in [0.3, 0.4) is 0 Å². The second-order valence-electron chi connectivity index (χ2n) is 19.5. The summed E-state index contributed by atoms with van der Waals surface area (Å²) in [5, 5.41) is 5.15. The highest BCUT2D eigenvalue weighted by atomic mass is 32.1. The highest BCUT2D eigenvalue weighted by Crippen LogP contribution is 2.47. The van der Waals surface area contributed by atoms with Gasteiger partial charge in [-0.05, 0) is 108 Å². The van der Waals surface area contributed by atoms with Crippen molar-refractivity contribution in [2.45, 2.75) is 78.6 Å². The average Bonchev–Trinajstić information content (AvgIpc) is 3.62. The molecule has 0 bridgehead atoms. The predicted octanol–water partition coefficient (Wildman–Crippen LogP) is 17.6. The van der Waals surface area contributed by atoms with Crippen LogP contribution in [0.1, 0.15) is 79.0 Å². The molecule has 2 heteroatoms. The average molecular weight is 798 g/mol. The number of benzene rings is 8. The first kappa shape index (κ1) is 39.5. The Hall–Kier alpha value is -5.96. The Labute approximate surface area is 361 Å². The van der Waals surface area contributed by atoms with Gasteiger partial charge >= 0.3 is 0 Å². The number of hydrogen-bond donors (Lipinski definition) is 0. The van der Waals surface area contributed by atoms with Crippen molar-refractivity contribution in [2.24, 2.45) is 0 Å². The molecule has 0 aliphatic carbocycles. The molecule has 8 aromatic carbocycles. The molecule has 0 radical (unpaired) electrons. The summed E-state index contributed by atoms with van der Waals surface area (Å²) in [5.74, 6) is 0. The van der Waals surface area contributed by atoms with Crippen LogP contribution in [0.2, 0.25) is 0 Å². The van der Waals surface area contributed by atoms with Crippen molar-refractivity contribution in [1.82, 2.24) is 0 Å². The van der Waals surface area contributed by atoms with Crippen LogP contribution >= 0.6 is 11.3 Å². The van der Waals surface area contributed by atoms with Gasteiger partial charge in [-0.1, -0.05) is 196 Å². The minimum absolute atomic E-state index is 0.0129. The van der Waals surface area contributed by atoms with Crippen LogP contribution in [0.15, 0.2) is 170 Å². The van der Waals surface area contributed by atoms with E-state index in [4.69, 9.17) is 0 Å². The highest BCUT2D eigenvalue weighted by Gasteiger charge is 2.24. The van der Waals surface area contributed by atoms with E-state index >= 15 is 0 Å². The van der Waals surface area contributed by atoms with E-state index in [1.165, 1.54) is 81.0 Å². The highest BCUT2D eigenvalue weighted by molar-refractivity contribution is 7.26. The molecular formula is C58H55NS. The fourth-order valence-corrected chi connectivity index (χ4v) is 9.89. The molecule has 0 aliphatic heterocycles. The lowest BCUT2D eigenvalue weighted by atomic mass is 9.78. The molecule has 60 heavy (non-hydrogen) atoms. The molecule has 298 valence electrons. The van der Waals surface area contributed by atoms with E-state index in [1.54, 1.807) is 0 Å². The molecular weight excluding hydrogens is 743 g/mol. The molecule has 0 aliphatic rings. The first-order valence-corrected chi connectivity index (χ1v) is 22.2. The fourth-order valence-electron chi connectivity index (χ4n) is 8.65. The maximum Gasteiger partial charge on any atom is 0.0540 e. The smallest absolute Gasteiger partial charge is 0.0540 e. The molecule has 0 saturated carbocycles. The topological polar surface area (TPSA) is 3.24 Å². The molecule has 0 N–H and O–H groups in total. The summed E-state index contributed by atoms with van der Waals surface area (Å²) in [4.78, 5) is 2.45. The molecule has 0 spiro atoms. The zero-order valence-electron chi connectivity index (χ0n) is 36.5. The molecule has 0 atom stereocenters. The number of thiophene rings is 1. The third kappa shape index (κ3) is 7.33. The van der Waals surface area contributed by atoms with E-state index in [2.05, 4.69) is 237 Å². The lowest BCUT2D eigenvalue weighted by molar-refractivity contribution is 0.569. The zero-order chi connectivity index (χ0) is 42.0. The largest absolute Gasteiger partial charge is 0.310 e. The third-order valence-corrected chi connectivity index (χ3v) is 13.4. The van der Waals surface area contributed by atoms with Crippen LogP contribution < -0.4 is 4.90 Å². The number of para-hydroxylation sites is 1. The summed E-state index contributed by atoms with van der Waals surface area (Å²) in [6.07, 6.45) is 0. The van der Waals surface area contributed by atoms with Gasteiger partial charge in [-0.2, -0.15) is 0 Å². The van der Waals surface area contributed by atoms with Crippen LogP contribution in [0, 0.1) is 0 Å². The summed E-state index contributed by atoms with van der Waals surface area (Å²) in [6.45, 7) is 20.8. The fraction of sp³-hybridized carbons (Fsp3) is 0.207. The van der Waals surface area contributed by atoms with Crippen LogP contribution in [0.4, 0.5) is 17.1 Å². The molecule has 0 amide bonds. The van der Waals surface area contributed by atoms with Crippen molar-refractivity contribution < 1.29 is 0 Å². The van der Waals surface area contributed by atoms with Gasteiger partial charge in [0.15, 0.2) is 0 Å². The van der Waals surface area contributed by atoms with Gasteiger partial charge in [-0.15, -0.1) is 11.3 Å². The van der Waals surface area contributed by atoms with Gasteiger partial charge in [-0.25, -0.2) is 0 Å². The molecule has 1 nitrogen and oxygen atoms in total. The number of rotatable bonds is 6. The summed E-state index contributed by atoms with van der Waals surface area (Å²) in [6, 6.07) is 63.7. The second-order valence-corrected chi connectivity index (χ2v) is 20.5. The molecule has 0 saturated heterocycles. The predicted molar refractivity (Wildman–Crippen MR) is 264 cm³/mol. The van der Waals surface area contributed by atoms with E-state index in [0.29, 0.717) is 0 Å². The van der Waals surface area contributed by atoms with Gasteiger partial charge in [0, 0.05) is 37.1 Å². The Balaban J connectivity index is 1.23. The lowest BCUT2D eigenvalue weighted by Gasteiger charge is -2.29. The third-order valence-electron chi connectivity index (χ3n) is 12.1. The Kier molecular flexibility index (Phi) is 9.84. The van der Waals surface area contributed by atoms with E-state index in [-0.39, 0.29) is 16.2 Å². The van der Waals surface area contributed by atoms with Crippen LogP contribution in [-0.4, -0.2) is 0 Å². The van der Waals surface area contributed by atoms with Crippen molar-refractivity contribution in [3.63, 3.8) is 0 Å². The first-order chi connectivity index (χ1) is 28.6. The van der Waals surface area contributed by atoms with Gasteiger partial charge in [0.25, 0.3) is 0 Å². The standard InChI is InChI=1S/C58H55NS/c1-56(2,3)41-29-33-45(34-30-41)59(44-31-27-38(28-32-44)47-22-16-24-51-49-20-11-13-26-53(49)60-55(47)51)52-25-12-10-19-48(52)50-23-15-18-39-17-14-21-46(54(39)50)40-35-42(57(4,5)6)37-43(36-40)58(7,8)9/h10-37H,1-9H3. The molecule has 9 aromatic rings. The summed E-state index contributed by atoms with van der Waals surface area (Å²) in [5.41, 5.74) is 14.9. The molecule has 0 unspecified atom stereocenters. The molecule has 1 aromatic heterocycles. The van der Waals surface area contributed by atoms with Crippen LogP contribution in [-0.2, 0) is 16.2 Å². The van der Waals surface area contributed by atoms with Crippen molar-refractivity contribution in [3.05, 3.63) is 187 Å². The Morgan fingerprint density at radius 2 is 0.900 bits per heavy atom. The summed E-state index contributed by atoms with van der Waals surface area (Å²) in [7, 11) is 0. The number of fused-ring (bicyclic) bond motifs is 4. The second kappa shape index (κ2) is 14.9. The summed E-state index contributed by atoms with van der Waals surface area (Å²) < 4.78 is 2.66. The SMILES string of the molecule is CC(C)(C)c1ccc(N(c2ccc(-c3cccc4c3sc3ccccc34)cc2)c2ccccc2-c2cccc3cccc(-c4cc(C(C)(C)C)cc(C(C)(C)C)c4)c23)cc1. The van der Waals surface area contributed by atoms with Gasteiger partial charge in [0.05, 0.1) is 5.69 Å². The van der Waals surface area contributed by atoms with E-state index in [0.717, 1.165) is 17.1 Å². The van der Waals surface area contributed by atoms with E-state index in [9.17, 15) is 0 Å². The molecule has 1 heterocycles. The van der Waals surface area contributed by atoms with E-state index in [1.807, 2.05) is 11.3 Å². The van der Waals surface area contributed by atoms with Crippen molar-refractivity contribution in [3.8, 4) is 33.4 Å². The normalized spacial score (nSPS) is 12.4. The van der Waals surface area contributed by atoms with Crippen LogP contribution in [0.5, 0.6) is 0 Å². The minimum atomic E-state index is 0.0129. The molecule has 9 rings (SSSR count). The Bertz CT molecular complexity index is 2980. The number of nitrogens with zero attached hydrogens (tertiary/aromatic N) is 1. The van der Waals surface area contributed by atoms with Gasteiger partial charge < -0.3 is 4.90 Å². The van der Waals surface area contributed by atoms with Crippen LogP contribution in [0.25, 0.3) is 64.3 Å². The lowest BCUT2D eigenvalue weighted by Crippen LogP contribution is -2.16. The van der Waals surface area contributed by atoms with Crippen molar-refractivity contribution in [2.75, 3.05) is 4.90 Å². The number of anilines is 3. The van der Waals surface area contributed by atoms with Gasteiger partial charge in [0.2, 0.25) is 0 Å². The van der Waals surface area contributed by atoms with Crippen molar-refractivity contribution in [1.29, 1.82) is 0 Å². The van der Waals surface area contributed by atoms with Crippen molar-refractivity contribution >= 4 is 59.3 Å². The van der Waals surface area contributed by atoms with Gasteiger partial charge in [0.1, 0.15) is 0 Å². The maximum absolute atomic E-state index is 2.45. The Morgan fingerprint density at radius 3 is 1.55 bits per heavy atom. The quantitative estimate of drug-likeness (QED) is 0.162. The Morgan fingerprint density at radius 1 is 0.383 bits per heavy atom. The summed E-state index contributed by atoms with van der Waals surface area (Å²) >= 11 is 1.88. The van der Waals surface area contributed by atoms with E-state index < -0.39 is 0 Å². The maximum atomic E-state index is 2.45. The van der Waals surface area contributed by atoms with Gasteiger partial charge in [-0.3, -0.25) is 0 Å². The molecule has 0 fully saturated rings. The monoisotopic (exact) mass is 797 g/mol. The first-order valence-electron chi connectivity index (χ1n) is 21.3. The number of hydrogen-bond acceptors (Lipinski definition) is 2. The minimum Gasteiger partial charge on any atom is -0.310 e. The zero-order valence-corrected chi connectivity index (χ0v) is 37.3.